The number of anilines is 1. The fourth-order valence-electron chi connectivity index (χ4n) is 7.47. The van der Waals surface area contributed by atoms with Gasteiger partial charge in [0.2, 0.25) is 17.6 Å². The summed E-state index contributed by atoms with van der Waals surface area (Å²) in [6, 6.07) is 4.86. The Morgan fingerprint density at radius 3 is 2.37 bits per heavy atom. The van der Waals surface area contributed by atoms with E-state index in [0.29, 0.717) is 81.0 Å². The van der Waals surface area contributed by atoms with Crippen LogP contribution < -0.4 is 10.6 Å². The van der Waals surface area contributed by atoms with Crippen LogP contribution >= 0.6 is 0 Å². The van der Waals surface area contributed by atoms with Gasteiger partial charge >= 0.3 is 12.1 Å². The van der Waals surface area contributed by atoms with Crippen molar-refractivity contribution in [2.75, 3.05) is 18.5 Å². The van der Waals surface area contributed by atoms with E-state index in [0.717, 1.165) is 0 Å². The Morgan fingerprint density at radius 2 is 1.74 bits per heavy atom. The van der Waals surface area contributed by atoms with Crippen LogP contribution in [0.2, 0.25) is 0 Å². The van der Waals surface area contributed by atoms with Gasteiger partial charge in [0.1, 0.15) is 29.7 Å². The molecule has 11 nitrogen and oxygen atoms in total. The highest BCUT2D eigenvalue weighted by Crippen LogP contribution is 2.41. The first-order valence-electron chi connectivity index (χ1n) is 16.3. The van der Waals surface area contributed by atoms with Crippen LogP contribution in [-0.2, 0) is 19.1 Å². The van der Waals surface area contributed by atoms with Crippen molar-refractivity contribution in [3.8, 4) is 0 Å². The predicted molar refractivity (Wildman–Crippen MR) is 167 cm³/mol. The monoisotopic (exact) mass is 641 g/mol. The van der Waals surface area contributed by atoms with Gasteiger partial charge in [-0.05, 0) is 108 Å². The summed E-state index contributed by atoms with van der Waals surface area (Å²) in [5.41, 5.74) is 0.140. The molecule has 2 aromatic rings. The average Bonchev–Trinajstić information content (AvgIpc) is 3.64. The minimum atomic E-state index is -1.19. The summed E-state index contributed by atoms with van der Waals surface area (Å²) in [6.07, 6.45) is 4.48. The first-order chi connectivity index (χ1) is 21.8. The molecule has 0 spiro atoms. The van der Waals surface area contributed by atoms with Crippen molar-refractivity contribution in [1.29, 1.82) is 0 Å². The Balaban J connectivity index is 1.28. The third-order valence-corrected chi connectivity index (χ3v) is 9.74. The number of nitrogens with zero attached hydrogens (tertiary/aromatic N) is 1. The third-order valence-electron chi connectivity index (χ3n) is 9.74. The molecule has 0 radical (unpaired) electrons. The second-order valence-corrected chi connectivity index (χ2v) is 14.0. The van der Waals surface area contributed by atoms with Crippen molar-refractivity contribution in [3.63, 3.8) is 0 Å². The van der Waals surface area contributed by atoms with Crippen LogP contribution in [0.15, 0.2) is 28.7 Å². The molecule has 5 rings (SSSR count). The van der Waals surface area contributed by atoms with Gasteiger partial charge in [-0.3, -0.25) is 14.4 Å². The number of ketones is 1. The first-order valence-corrected chi connectivity index (χ1v) is 16.3. The summed E-state index contributed by atoms with van der Waals surface area (Å²) in [5, 5.41) is 15.4. The number of Topliss-reactive ketones (excluding diaryl/α,β-unsaturated/α-hetero) is 1. The molecule has 1 aromatic heterocycles. The molecule has 3 fully saturated rings. The minimum Gasteiger partial charge on any atom is -0.475 e. The number of rotatable bonds is 8. The molecule has 1 saturated heterocycles. The number of nitrogens with one attached hydrogen (secondary N) is 2. The predicted octanol–water partition coefficient (Wildman–Crippen LogP) is 5.72. The van der Waals surface area contributed by atoms with E-state index in [1.165, 1.54) is 6.07 Å². The first kappa shape index (κ1) is 33.4. The Morgan fingerprint density at radius 1 is 1.04 bits per heavy atom. The third kappa shape index (κ3) is 7.70. The van der Waals surface area contributed by atoms with Crippen LogP contribution in [0.4, 0.5) is 14.9 Å². The standard InChI is InChI=1S/C34H44FN3O8/c1-34(2,3)46-33(44)37-26(18-35)20-4-6-21(7-5-20)31(41)38-15-14-25(19-8-11-24(39)12-9-19)29(38)30(40)36-23-10-13-27-22(16-23)17-28(45-27)32(42)43/h10,13,16-17,19-21,25-26,29H,4-9,11-12,14-15,18H2,1-3H3,(H,36,40)(H,37,44)(H,42,43)/t20?,21?,25-,26-,29+/m1/s1. The number of hydrogen-bond donors (Lipinski definition) is 3. The maximum Gasteiger partial charge on any atom is 0.407 e. The second-order valence-electron chi connectivity index (χ2n) is 14.0. The van der Waals surface area contributed by atoms with E-state index in [-0.39, 0.29) is 47.0 Å². The molecule has 3 N–H and O–H groups in total. The number of halogens is 1. The van der Waals surface area contributed by atoms with Crippen LogP contribution in [0.25, 0.3) is 11.0 Å². The number of aromatic carboxylic acids is 1. The molecular weight excluding hydrogens is 597 g/mol. The lowest BCUT2D eigenvalue weighted by atomic mass is 9.75. The van der Waals surface area contributed by atoms with Crippen molar-refractivity contribution < 1.29 is 42.6 Å². The van der Waals surface area contributed by atoms with E-state index in [1.54, 1.807) is 43.9 Å². The van der Waals surface area contributed by atoms with Gasteiger partial charge in [0.25, 0.3) is 0 Å². The number of carbonyl (C=O) groups excluding carboxylic acids is 4. The zero-order valence-corrected chi connectivity index (χ0v) is 26.7. The molecule has 2 saturated carbocycles. The number of fused-ring (bicyclic) bond motifs is 1. The number of carbonyl (C=O) groups is 5. The highest BCUT2D eigenvalue weighted by atomic mass is 19.1. The van der Waals surface area contributed by atoms with Gasteiger partial charge in [0, 0.05) is 36.4 Å². The fraction of sp³-hybridized carbons (Fsp3) is 0.618. The van der Waals surface area contributed by atoms with Crippen LogP contribution in [0.3, 0.4) is 0 Å². The van der Waals surface area contributed by atoms with Crippen LogP contribution in [0, 0.1) is 23.7 Å². The number of hydrogen-bond acceptors (Lipinski definition) is 7. The summed E-state index contributed by atoms with van der Waals surface area (Å²) >= 11 is 0. The summed E-state index contributed by atoms with van der Waals surface area (Å²) in [5.74, 6) is -2.00. The molecule has 12 heteroatoms. The number of amides is 3. The number of alkyl halides is 1. The molecule has 0 unspecified atom stereocenters. The fourth-order valence-corrected chi connectivity index (χ4v) is 7.47. The molecular formula is C34H44FN3O8. The Hall–Kier alpha value is -3.96. The number of carboxylic acids is 1. The molecule has 1 aliphatic heterocycles. The van der Waals surface area contributed by atoms with Gasteiger partial charge in [-0.2, -0.15) is 0 Å². The molecule has 250 valence electrons. The van der Waals surface area contributed by atoms with Crippen molar-refractivity contribution in [2.45, 2.75) is 96.2 Å². The molecule has 3 amide bonds. The number of furan rings is 1. The number of benzene rings is 1. The quantitative estimate of drug-likeness (QED) is 0.331. The van der Waals surface area contributed by atoms with Gasteiger partial charge in [0.15, 0.2) is 0 Å². The van der Waals surface area contributed by atoms with Crippen molar-refractivity contribution in [3.05, 3.63) is 30.0 Å². The minimum absolute atomic E-state index is 0.0960. The van der Waals surface area contributed by atoms with E-state index in [4.69, 9.17) is 9.15 Å². The van der Waals surface area contributed by atoms with Crippen molar-refractivity contribution in [2.24, 2.45) is 23.7 Å². The molecule has 46 heavy (non-hydrogen) atoms. The van der Waals surface area contributed by atoms with E-state index >= 15 is 0 Å². The zero-order chi connectivity index (χ0) is 33.2. The van der Waals surface area contributed by atoms with E-state index < -0.39 is 36.4 Å². The Kier molecular flexibility index (Phi) is 10.0. The molecule has 3 aliphatic rings. The lowest BCUT2D eigenvalue weighted by Crippen LogP contribution is -2.50. The zero-order valence-electron chi connectivity index (χ0n) is 26.7. The summed E-state index contributed by atoms with van der Waals surface area (Å²) in [6.45, 7) is 4.93. The van der Waals surface area contributed by atoms with Gasteiger partial charge in [-0.25, -0.2) is 14.0 Å². The van der Waals surface area contributed by atoms with E-state index in [2.05, 4.69) is 10.6 Å². The smallest absolute Gasteiger partial charge is 0.407 e. The molecule has 2 aliphatic carbocycles. The number of carboxylic acid groups (broad SMARTS) is 1. The van der Waals surface area contributed by atoms with Gasteiger partial charge < -0.3 is 29.8 Å². The van der Waals surface area contributed by atoms with Gasteiger partial charge in [0.05, 0.1) is 6.04 Å². The number of ether oxygens (including phenoxy) is 1. The number of likely N-dealkylation sites (tertiary alicyclic amines) is 1. The topological polar surface area (TPSA) is 155 Å². The second kappa shape index (κ2) is 13.8. The maximum atomic E-state index is 14.0. The summed E-state index contributed by atoms with van der Waals surface area (Å²) in [4.78, 5) is 65.3. The van der Waals surface area contributed by atoms with E-state index in [9.17, 15) is 33.5 Å². The van der Waals surface area contributed by atoms with Gasteiger partial charge in [-0.15, -0.1) is 0 Å². The van der Waals surface area contributed by atoms with Crippen LogP contribution in [0.1, 0.15) is 89.1 Å². The van der Waals surface area contributed by atoms with Crippen molar-refractivity contribution >= 4 is 46.3 Å². The maximum absolute atomic E-state index is 14.0. The lowest BCUT2D eigenvalue weighted by molar-refractivity contribution is -0.142. The normalized spacial score (nSPS) is 24.9. The van der Waals surface area contributed by atoms with Gasteiger partial charge in [-0.1, -0.05) is 0 Å². The molecule has 1 aromatic carbocycles. The average molecular weight is 642 g/mol. The highest BCUT2D eigenvalue weighted by Gasteiger charge is 2.47. The Labute approximate surface area is 267 Å². The number of alkyl carbamates (subject to hydrolysis) is 1. The summed E-state index contributed by atoms with van der Waals surface area (Å²) in [7, 11) is 0. The van der Waals surface area contributed by atoms with Crippen LogP contribution in [0.5, 0.6) is 0 Å². The molecule has 3 atom stereocenters. The largest absolute Gasteiger partial charge is 0.475 e. The molecule has 2 heterocycles. The summed E-state index contributed by atoms with van der Waals surface area (Å²) < 4.78 is 24.6. The molecule has 0 bridgehead atoms. The Bertz CT molecular complexity index is 1460. The lowest BCUT2D eigenvalue weighted by Gasteiger charge is -2.37. The van der Waals surface area contributed by atoms with E-state index in [1.807, 2.05) is 0 Å². The SMILES string of the molecule is CC(C)(C)OC(=O)N[C@H](CF)C1CCC(C(=O)N2CC[C@H](C3CCC(=O)CC3)[C@H]2C(=O)Nc2ccc3oc(C(=O)O)cc3c2)CC1. The highest BCUT2D eigenvalue weighted by molar-refractivity contribution is 6.00. The van der Waals surface area contributed by atoms with Crippen molar-refractivity contribution in [1.82, 2.24) is 10.2 Å². The van der Waals surface area contributed by atoms with Crippen LogP contribution in [-0.4, -0.2) is 70.6 Å².